The van der Waals surface area contributed by atoms with Gasteiger partial charge in [0.05, 0.1) is 11.4 Å². The van der Waals surface area contributed by atoms with Crippen LogP contribution in [0.1, 0.15) is 0 Å². The molecule has 0 saturated heterocycles. The second-order valence-corrected chi connectivity index (χ2v) is 5.66. The summed E-state index contributed by atoms with van der Waals surface area (Å²) in [6.07, 6.45) is 1.18. The van der Waals surface area contributed by atoms with Gasteiger partial charge < -0.3 is 5.73 Å². The van der Waals surface area contributed by atoms with Gasteiger partial charge in [-0.3, -0.25) is 4.72 Å². The highest BCUT2D eigenvalue weighted by Gasteiger charge is 2.21. The van der Waals surface area contributed by atoms with E-state index in [1.54, 1.807) is 0 Å². The lowest BCUT2D eigenvalue weighted by Gasteiger charge is -2.10. The number of halogens is 2. The molecule has 5 nitrogen and oxygen atoms in total. The van der Waals surface area contributed by atoms with Crippen LogP contribution in [0.2, 0.25) is 5.02 Å². The Kier molecular flexibility index (Phi) is 3.59. The predicted octanol–water partition coefficient (Wildman–Crippen LogP) is 2.26. The van der Waals surface area contributed by atoms with Crippen LogP contribution >= 0.6 is 11.6 Å². The number of rotatable bonds is 3. The number of hydrogen-bond donors (Lipinski definition) is 2. The van der Waals surface area contributed by atoms with Crippen molar-refractivity contribution >= 4 is 33.0 Å². The van der Waals surface area contributed by atoms with Crippen LogP contribution in [-0.2, 0) is 10.0 Å². The summed E-state index contributed by atoms with van der Waals surface area (Å²) in [7, 11) is -4.14. The fourth-order valence-corrected chi connectivity index (χ4v) is 2.67. The molecule has 1 aromatic carbocycles. The van der Waals surface area contributed by atoms with Gasteiger partial charge in [-0.25, -0.2) is 9.37 Å². The van der Waals surface area contributed by atoms with Gasteiger partial charge in [-0.05, 0) is 30.3 Å². The summed E-state index contributed by atoms with van der Waals surface area (Å²) >= 11 is 5.70. The van der Waals surface area contributed by atoms with E-state index in [0.717, 1.165) is 6.07 Å². The zero-order valence-corrected chi connectivity index (χ0v) is 11.0. The van der Waals surface area contributed by atoms with Gasteiger partial charge in [0, 0.05) is 11.2 Å². The van der Waals surface area contributed by atoms with Gasteiger partial charge in [-0.15, -0.1) is 0 Å². The largest absolute Gasteiger partial charge is 0.397 e. The summed E-state index contributed by atoms with van der Waals surface area (Å²) in [5, 5.41) is -0.325. The lowest BCUT2D eigenvalue weighted by atomic mass is 10.3. The second kappa shape index (κ2) is 5.02. The fraction of sp³-hybridized carbons (Fsp3) is 0. The number of hydrogen-bond acceptors (Lipinski definition) is 4. The molecule has 0 atom stereocenters. The van der Waals surface area contributed by atoms with Crippen LogP contribution in [0.15, 0.2) is 41.6 Å². The molecule has 3 N–H and O–H groups in total. The van der Waals surface area contributed by atoms with Crippen LogP contribution < -0.4 is 10.5 Å². The van der Waals surface area contributed by atoms with E-state index in [1.807, 2.05) is 0 Å². The van der Waals surface area contributed by atoms with Gasteiger partial charge >= 0.3 is 0 Å². The number of nitrogen functional groups attached to an aromatic ring is 1. The number of sulfonamides is 1. The Hall–Kier alpha value is -1.86. The smallest absolute Gasteiger partial charge is 0.282 e. The maximum atomic E-state index is 13.4. The van der Waals surface area contributed by atoms with Gasteiger partial charge in [0.2, 0.25) is 5.03 Å². The van der Waals surface area contributed by atoms with Crippen molar-refractivity contribution in [3.8, 4) is 0 Å². The molecule has 19 heavy (non-hydrogen) atoms. The van der Waals surface area contributed by atoms with E-state index >= 15 is 0 Å². The topological polar surface area (TPSA) is 85.1 Å². The van der Waals surface area contributed by atoms with E-state index in [1.165, 1.54) is 30.5 Å². The van der Waals surface area contributed by atoms with Gasteiger partial charge in [-0.2, -0.15) is 8.42 Å². The van der Waals surface area contributed by atoms with Gasteiger partial charge in [0.25, 0.3) is 10.0 Å². The first kappa shape index (κ1) is 13.6. The van der Waals surface area contributed by atoms with E-state index in [0.29, 0.717) is 5.02 Å². The molecule has 0 aliphatic carbocycles. The first-order chi connectivity index (χ1) is 8.90. The SMILES string of the molecule is Nc1cc(Cl)ccc1NS(=O)(=O)c1ncccc1F. The highest BCUT2D eigenvalue weighted by Crippen LogP contribution is 2.25. The zero-order valence-electron chi connectivity index (χ0n) is 9.47. The molecule has 0 radical (unpaired) electrons. The number of benzene rings is 1. The number of nitrogens with zero attached hydrogens (tertiary/aromatic N) is 1. The fourth-order valence-electron chi connectivity index (χ4n) is 1.39. The molecule has 0 amide bonds. The molecule has 0 fully saturated rings. The molecule has 0 aliphatic rings. The van der Waals surface area contributed by atoms with Crippen LogP contribution in [0, 0.1) is 5.82 Å². The van der Waals surface area contributed by atoms with Crippen LogP contribution in [-0.4, -0.2) is 13.4 Å². The lowest BCUT2D eigenvalue weighted by molar-refractivity contribution is 0.557. The minimum Gasteiger partial charge on any atom is -0.397 e. The second-order valence-electron chi connectivity index (χ2n) is 3.63. The van der Waals surface area contributed by atoms with E-state index in [2.05, 4.69) is 9.71 Å². The average Bonchev–Trinajstić information content (AvgIpc) is 2.33. The summed E-state index contributed by atoms with van der Waals surface area (Å²) in [5.41, 5.74) is 5.86. The standard InChI is InChI=1S/C11H9ClFN3O2S/c12-7-3-4-10(9(14)6-7)16-19(17,18)11-8(13)2-1-5-15-11/h1-6,16H,14H2. The maximum Gasteiger partial charge on any atom is 0.282 e. The third-order valence-corrected chi connectivity index (χ3v) is 3.77. The van der Waals surface area contributed by atoms with Crippen molar-refractivity contribution in [3.63, 3.8) is 0 Å². The van der Waals surface area contributed by atoms with Crippen LogP contribution in [0.3, 0.4) is 0 Å². The summed E-state index contributed by atoms with van der Waals surface area (Å²) < 4.78 is 39.5. The monoisotopic (exact) mass is 301 g/mol. The van der Waals surface area contributed by atoms with E-state index in [-0.39, 0.29) is 11.4 Å². The highest BCUT2D eigenvalue weighted by molar-refractivity contribution is 7.92. The minimum atomic E-state index is -4.14. The third-order valence-electron chi connectivity index (χ3n) is 2.24. The number of nitrogens with one attached hydrogen (secondary N) is 1. The molecule has 2 aromatic rings. The third kappa shape index (κ3) is 2.94. The molecule has 1 heterocycles. The van der Waals surface area contributed by atoms with Crippen molar-refractivity contribution in [3.05, 3.63) is 47.4 Å². The molecule has 0 spiro atoms. The molecular weight excluding hydrogens is 293 g/mol. The van der Waals surface area contributed by atoms with Gasteiger partial charge in [0.1, 0.15) is 0 Å². The molecule has 8 heteroatoms. The molecule has 0 bridgehead atoms. The molecular formula is C11H9ClFN3O2S. The summed E-state index contributed by atoms with van der Waals surface area (Å²) in [5.74, 6) is -0.942. The Morgan fingerprint density at radius 3 is 2.68 bits per heavy atom. The molecule has 1 aromatic heterocycles. The van der Waals surface area contributed by atoms with Crippen molar-refractivity contribution < 1.29 is 12.8 Å². The Labute approximate surface area is 114 Å². The summed E-state index contributed by atoms with van der Waals surface area (Å²) in [4.78, 5) is 3.50. The van der Waals surface area contributed by atoms with E-state index < -0.39 is 20.9 Å². The van der Waals surface area contributed by atoms with Crippen molar-refractivity contribution in [2.24, 2.45) is 0 Å². The molecule has 0 saturated carbocycles. The summed E-state index contributed by atoms with van der Waals surface area (Å²) in [6, 6.07) is 6.53. The Balaban J connectivity index is 2.40. The van der Waals surface area contributed by atoms with Crippen LogP contribution in [0.5, 0.6) is 0 Å². The van der Waals surface area contributed by atoms with Crippen LogP contribution in [0.4, 0.5) is 15.8 Å². The number of nitrogens with two attached hydrogens (primary N) is 1. The predicted molar refractivity (Wildman–Crippen MR) is 70.9 cm³/mol. The number of aromatic nitrogens is 1. The Bertz CT molecular complexity index is 722. The Morgan fingerprint density at radius 1 is 1.32 bits per heavy atom. The van der Waals surface area contributed by atoms with Crippen molar-refractivity contribution in [2.45, 2.75) is 5.03 Å². The lowest BCUT2D eigenvalue weighted by Crippen LogP contribution is -2.17. The average molecular weight is 302 g/mol. The number of pyridine rings is 1. The number of anilines is 2. The highest BCUT2D eigenvalue weighted by atomic mass is 35.5. The molecule has 0 unspecified atom stereocenters. The summed E-state index contributed by atoms with van der Waals surface area (Å²) in [6.45, 7) is 0. The van der Waals surface area contributed by atoms with Gasteiger partial charge in [0.15, 0.2) is 5.82 Å². The first-order valence-electron chi connectivity index (χ1n) is 5.08. The molecule has 0 aliphatic heterocycles. The van der Waals surface area contributed by atoms with Gasteiger partial charge in [-0.1, -0.05) is 11.6 Å². The molecule has 100 valence electrons. The minimum absolute atomic E-state index is 0.106. The quantitative estimate of drug-likeness (QED) is 0.852. The van der Waals surface area contributed by atoms with E-state index in [4.69, 9.17) is 17.3 Å². The molecule has 2 rings (SSSR count). The van der Waals surface area contributed by atoms with Crippen molar-refractivity contribution in [2.75, 3.05) is 10.5 Å². The van der Waals surface area contributed by atoms with Crippen LogP contribution in [0.25, 0.3) is 0 Å². The zero-order chi connectivity index (χ0) is 14.0. The normalized spacial score (nSPS) is 11.3. The maximum absolute atomic E-state index is 13.4. The van der Waals surface area contributed by atoms with E-state index in [9.17, 15) is 12.8 Å². The first-order valence-corrected chi connectivity index (χ1v) is 6.94. The Morgan fingerprint density at radius 2 is 2.05 bits per heavy atom. The van der Waals surface area contributed by atoms with Crippen molar-refractivity contribution in [1.82, 2.24) is 4.98 Å². The van der Waals surface area contributed by atoms with Crippen molar-refractivity contribution in [1.29, 1.82) is 0 Å².